The maximum Gasteiger partial charge on any atom is 0.260 e. The highest BCUT2D eigenvalue weighted by Crippen LogP contribution is 2.26. The van der Waals surface area contributed by atoms with Crippen LogP contribution in [0.25, 0.3) is 0 Å². The number of nitrogens with zero attached hydrogens (tertiary/aromatic N) is 1. The highest BCUT2D eigenvalue weighted by molar-refractivity contribution is 7.89. The molecule has 1 fully saturated rings. The molecule has 0 amide bonds. The van der Waals surface area contributed by atoms with Gasteiger partial charge >= 0.3 is 0 Å². The molecule has 1 saturated carbocycles. The molecule has 0 spiro atoms. The van der Waals surface area contributed by atoms with Crippen molar-refractivity contribution in [3.05, 3.63) is 11.3 Å². The topological polar surface area (TPSA) is 86.9 Å². The average Bonchev–Trinajstić information content (AvgIpc) is 2.97. The standard InChI is InChI=1S/C14H26N4O2S/c1-4-7-15-9-13-11(3)16-17-14(13)21(19,20)18-12-6-5-10(2)8-12/h10,12,15,18H,4-9H2,1-3H3,(H,16,17). The minimum absolute atomic E-state index is 0.0402. The zero-order valence-corrected chi connectivity index (χ0v) is 13.9. The van der Waals surface area contributed by atoms with Gasteiger partial charge in [-0.15, -0.1) is 0 Å². The van der Waals surface area contributed by atoms with E-state index >= 15 is 0 Å². The minimum atomic E-state index is -3.55. The van der Waals surface area contributed by atoms with Crippen molar-refractivity contribution < 1.29 is 8.42 Å². The van der Waals surface area contributed by atoms with Crippen molar-refractivity contribution in [2.24, 2.45) is 5.92 Å². The maximum atomic E-state index is 12.5. The van der Waals surface area contributed by atoms with E-state index in [4.69, 9.17) is 0 Å². The van der Waals surface area contributed by atoms with Crippen LogP contribution in [0, 0.1) is 12.8 Å². The fourth-order valence-corrected chi connectivity index (χ4v) is 4.32. The average molecular weight is 314 g/mol. The summed E-state index contributed by atoms with van der Waals surface area (Å²) in [6.07, 6.45) is 3.91. The minimum Gasteiger partial charge on any atom is -0.313 e. The lowest BCUT2D eigenvalue weighted by Crippen LogP contribution is -2.34. The second kappa shape index (κ2) is 6.89. The van der Waals surface area contributed by atoms with Gasteiger partial charge in [-0.1, -0.05) is 13.8 Å². The van der Waals surface area contributed by atoms with Crippen LogP contribution in [0.4, 0.5) is 0 Å². The van der Waals surface area contributed by atoms with Crippen LogP contribution in [0.3, 0.4) is 0 Å². The van der Waals surface area contributed by atoms with Crippen molar-refractivity contribution >= 4 is 10.0 Å². The second-order valence-electron chi connectivity index (χ2n) is 6.05. The Balaban J connectivity index is 2.12. The molecule has 2 rings (SSSR count). The molecule has 1 heterocycles. The van der Waals surface area contributed by atoms with Crippen LogP contribution >= 0.6 is 0 Å². The van der Waals surface area contributed by atoms with E-state index in [0.29, 0.717) is 12.5 Å². The Bertz CT molecular complexity index is 568. The number of nitrogens with one attached hydrogen (secondary N) is 3. The fourth-order valence-electron chi connectivity index (χ4n) is 2.84. The molecule has 21 heavy (non-hydrogen) atoms. The van der Waals surface area contributed by atoms with Crippen LogP contribution in [-0.2, 0) is 16.6 Å². The number of aromatic nitrogens is 2. The first-order valence-corrected chi connectivity index (χ1v) is 9.19. The summed E-state index contributed by atoms with van der Waals surface area (Å²) in [4.78, 5) is 0. The highest BCUT2D eigenvalue weighted by Gasteiger charge is 2.29. The van der Waals surface area contributed by atoms with Gasteiger partial charge in [0.05, 0.1) is 0 Å². The summed E-state index contributed by atoms with van der Waals surface area (Å²) in [6, 6.07) is 0.0402. The first-order valence-electron chi connectivity index (χ1n) is 7.71. The van der Waals surface area contributed by atoms with Crippen LogP contribution in [0.1, 0.15) is 50.8 Å². The van der Waals surface area contributed by atoms with Crippen molar-refractivity contribution in [1.29, 1.82) is 0 Å². The first kappa shape index (κ1) is 16.5. The summed E-state index contributed by atoms with van der Waals surface area (Å²) < 4.78 is 27.9. The van der Waals surface area contributed by atoms with E-state index in [2.05, 4.69) is 34.1 Å². The van der Waals surface area contributed by atoms with Gasteiger partial charge in [0.2, 0.25) is 0 Å². The molecule has 0 aromatic carbocycles. The number of hydrogen-bond donors (Lipinski definition) is 3. The number of rotatable bonds is 7. The molecular weight excluding hydrogens is 288 g/mol. The third-order valence-corrected chi connectivity index (χ3v) is 5.53. The molecule has 7 heteroatoms. The van der Waals surface area contributed by atoms with Gasteiger partial charge in [-0.3, -0.25) is 5.10 Å². The van der Waals surface area contributed by atoms with Crippen molar-refractivity contribution in [3.8, 4) is 0 Å². The molecule has 1 aliphatic rings. The van der Waals surface area contributed by atoms with Gasteiger partial charge in [0.15, 0.2) is 5.03 Å². The SMILES string of the molecule is CCCNCc1c(S(=O)(=O)NC2CCC(C)C2)n[nH]c1C. The van der Waals surface area contributed by atoms with Gasteiger partial charge in [-0.05, 0) is 45.1 Å². The zero-order chi connectivity index (χ0) is 15.5. The molecule has 2 atom stereocenters. The summed E-state index contributed by atoms with van der Waals surface area (Å²) in [5.41, 5.74) is 1.54. The summed E-state index contributed by atoms with van der Waals surface area (Å²) in [7, 11) is -3.55. The van der Waals surface area contributed by atoms with E-state index in [9.17, 15) is 8.42 Å². The lowest BCUT2D eigenvalue weighted by atomic mass is 10.1. The van der Waals surface area contributed by atoms with Gasteiger partial charge in [-0.2, -0.15) is 5.10 Å². The van der Waals surface area contributed by atoms with E-state index < -0.39 is 10.0 Å². The molecule has 1 aliphatic carbocycles. The normalized spacial score (nSPS) is 22.8. The Hall–Kier alpha value is -0.920. The van der Waals surface area contributed by atoms with Gasteiger partial charge in [0.1, 0.15) is 0 Å². The molecule has 0 bridgehead atoms. The van der Waals surface area contributed by atoms with Crippen LogP contribution in [-0.4, -0.2) is 31.2 Å². The first-order chi connectivity index (χ1) is 9.94. The van der Waals surface area contributed by atoms with Gasteiger partial charge in [-0.25, -0.2) is 13.1 Å². The predicted octanol–water partition coefficient (Wildman–Crippen LogP) is 1.68. The lowest BCUT2D eigenvalue weighted by molar-refractivity contribution is 0.534. The third kappa shape index (κ3) is 4.05. The fraction of sp³-hybridized carbons (Fsp3) is 0.786. The molecular formula is C14H26N4O2S. The van der Waals surface area contributed by atoms with E-state index in [1.807, 2.05) is 6.92 Å². The van der Waals surface area contributed by atoms with E-state index in [0.717, 1.165) is 43.5 Å². The van der Waals surface area contributed by atoms with Gasteiger partial charge < -0.3 is 5.32 Å². The van der Waals surface area contributed by atoms with Crippen molar-refractivity contribution in [1.82, 2.24) is 20.2 Å². The summed E-state index contributed by atoms with van der Waals surface area (Å²) >= 11 is 0. The van der Waals surface area contributed by atoms with Crippen LogP contribution in [0.2, 0.25) is 0 Å². The van der Waals surface area contributed by atoms with E-state index in [1.165, 1.54) is 0 Å². The van der Waals surface area contributed by atoms with Gasteiger partial charge in [0.25, 0.3) is 10.0 Å². The molecule has 3 N–H and O–H groups in total. The zero-order valence-electron chi connectivity index (χ0n) is 13.1. The van der Waals surface area contributed by atoms with Crippen LogP contribution in [0.5, 0.6) is 0 Å². The third-order valence-electron chi connectivity index (χ3n) is 4.04. The molecule has 1 aromatic rings. The predicted molar refractivity (Wildman–Crippen MR) is 82.4 cm³/mol. The Morgan fingerprint density at radius 2 is 2.14 bits per heavy atom. The Kier molecular flexibility index (Phi) is 5.40. The molecule has 0 radical (unpaired) electrons. The lowest BCUT2D eigenvalue weighted by Gasteiger charge is -2.13. The van der Waals surface area contributed by atoms with Crippen molar-refractivity contribution in [2.75, 3.05) is 6.54 Å². The number of hydrogen-bond acceptors (Lipinski definition) is 4. The second-order valence-corrected chi connectivity index (χ2v) is 7.67. The Morgan fingerprint density at radius 1 is 1.38 bits per heavy atom. The summed E-state index contributed by atoms with van der Waals surface area (Å²) in [6.45, 7) is 7.47. The van der Waals surface area contributed by atoms with Crippen molar-refractivity contribution in [3.63, 3.8) is 0 Å². The summed E-state index contributed by atoms with van der Waals surface area (Å²) in [5, 5.41) is 10.2. The van der Waals surface area contributed by atoms with Gasteiger partial charge in [0, 0.05) is 23.8 Å². The Labute approximate surface area is 127 Å². The monoisotopic (exact) mass is 314 g/mol. The number of aromatic amines is 1. The largest absolute Gasteiger partial charge is 0.313 e. The van der Waals surface area contributed by atoms with Crippen LogP contribution < -0.4 is 10.0 Å². The maximum absolute atomic E-state index is 12.5. The quantitative estimate of drug-likeness (QED) is 0.668. The molecule has 6 nitrogen and oxygen atoms in total. The molecule has 0 aliphatic heterocycles. The molecule has 2 unspecified atom stereocenters. The van der Waals surface area contributed by atoms with E-state index in [1.54, 1.807) is 0 Å². The summed E-state index contributed by atoms with van der Waals surface area (Å²) in [5.74, 6) is 0.587. The highest BCUT2D eigenvalue weighted by atomic mass is 32.2. The number of H-pyrrole nitrogens is 1. The Morgan fingerprint density at radius 3 is 2.76 bits per heavy atom. The van der Waals surface area contributed by atoms with E-state index in [-0.39, 0.29) is 11.1 Å². The van der Waals surface area contributed by atoms with Crippen LogP contribution in [0.15, 0.2) is 5.03 Å². The molecule has 1 aromatic heterocycles. The molecule has 120 valence electrons. The van der Waals surface area contributed by atoms with Crippen molar-refractivity contribution in [2.45, 2.75) is 64.1 Å². The molecule has 0 saturated heterocycles. The number of aryl methyl sites for hydroxylation is 1. The number of sulfonamides is 1. The smallest absolute Gasteiger partial charge is 0.260 e.